The Hall–Kier alpha value is -2.46. The number of esters is 4. The summed E-state index contributed by atoms with van der Waals surface area (Å²) in [5.41, 5.74) is 0. The number of hydrogen-bond acceptors (Lipinski definition) is 15. The lowest BCUT2D eigenvalue weighted by molar-refractivity contribution is -0.161. The molecular formula is C76H144O17P2. The Kier molecular flexibility index (Phi) is 66.9. The van der Waals surface area contributed by atoms with E-state index in [1.807, 2.05) is 0 Å². The third-order valence-corrected chi connectivity index (χ3v) is 19.1. The molecule has 0 aromatic carbocycles. The second-order valence-corrected chi connectivity index (χ2v) is 30.1. The number of phosphoric ester groups is 2. The summed E-state index contributed by atoms with van der Waals surface area (Å²) in [6.45, 7) is 7.24. The highest BCUT2D eigenvalue weighted by Gasteiger charge is 2.30. The van der Waals surface area contributed by atoms with Gasteiger partial charge in [0, 0.05) is 25.7 Å². The normalized spacial score (nSPS) is 14.1. The average molecular weight is 1390 g/mol. The zero-order chi connectivity index (χ0) is 69.8. The van der Waals surface area contributed by atoms with Crippen LogP contribution in [0.4, 0.5) is 0 Å². The van der Waals surface area contributed by atoms with E-state index in [1.54, 1.807) is 0 Å². The lowest BCUT2D eigenvalue weighted by Crippen LogP contribution is -2.30. The second kappa shape index (κ2) is 68.7. The molecule has 0 rings (SSSR count). The SMILES string of the molecule is CCCCCC/C=C\C=C/CCCCCCCC(=O)OC[C@H](COP(=O)(O)OC[C@@H](O)COP(=O)(O)OC[C@@H](COC(=O)CCCCCCCCCCC)OC(=O)CCCCCCCCCCCCCCC)OC(=O)CCCCCCCCCCCCCCCCCC(C)C. The van der Waals surface area contributed by atoms with Crippen molar-refractivity contribution < 1.29 is 80.2 Å². The number of unbranched alkanes of at least 4 members (excludes halogenated alkanes) is 43. The summed E-state index contributed by atoms with van der Waals surface area (Å²) in [4.78, 5) is 72.7. The van der Waals surface area contributed by atoms with E-state index < -0.39 is 97.5 Å². The average Bonchev–Trinajstić information content (AvgIpc) is 1.78. The van der Waals surface area contributed by atoms with E-state index in [1.165, 1.54) is 180 Å². The van der Waals surface area contributed by atoms with Crippen molar-refractivity contribution >= 4 is 39.5 Å². The molecule has 95 heavy (non-hydrogen) atoms. The molecule has 0 radical (unpaired) electrons. The zero-order valence-corrected chi connectivity index (χ0v) is 63.1. The number of ether oxygens (including phenoxy) is 4. The quantitative estimate of drug-likeness (QED) is 0.0169. The van der Waals surface area contributed by atoms with Crippen molar-refractivity contribution in [3.63, 3.8) is 0 Å². The molecule has 19 heteroatoms. The summed E-state index contributed by atoms with van der Waals surface area (Å²) in [7, 11) is -9.92. The van der Waals surface area contributed by atoms with E-state index in [0.29, 0.717) is 25.7 Å². The fourth-order valence-electron chi connectivity index (χ4n) is 11.2. The van der Waals surface area contributed by atoms with Crippen LogP contribution in [0.2, 0.25) is 0 Å². The predicted octanol–water partition coefficient (Wildman–Crippen LogP) is 22.0. The summed E-state index contributed by atoms with van der Waals surface area (Å²) in [6.07, 6.45) is 60.4. The highest BCUT2D eigenvalue weighted by molar-refractivity contribution is 7.47. The number of hydrogen-bond donors (Lipinski definition) is 3. The Morgan fingerprint density at radius 1 is 0.326 bits per heavy atom. The molecule has 2 unspecified atom stereocenters. The van der Waals surface area contributed by atoms with Gasteiger partial charge < -0.3 is 33.8 Å². The number of rotatable bonds is 74. The highest BCUT2D eigenvalue weighted by atomic mass is 31.2. The topological polar surface area (TPSA) is 237 Å². The van der Waals surface area contributed by atoms with E-state index in [0.717, 1.165) is 115 Å². The second-order valence-electron chi connectivity index (χ2n) is 27.2. The molecule has 0 aromatic rings. The molecule has 0 aliphatic heterocycles. The summed E-state index contributed by atoms with van der Waals surface area (Å²) >= 11 is 0. The molecule has 0 aliphatic rings. The lowest BCUT2D eigenvalue weighted by atomic mass is 10.0. The van der Waals surface area contributed by atoms with E-state index in [-0.39, 0.29) is 25.7 Å². The van der Waals surface area contributed by atoms with Crippen LogP contribution in [-0.2, 0) is 65.4 Å². The van der Waals surface area contributed by atoms with Crippen LogP contribution in [0.1, 0.15) is 375 Å². The van der Waals surface area contributed by atoms with Crippen molar-refractivity contribution in [2.45, 2.75) is 393 Å². The Morgan fingerprint density at radius 2 is 0.568 bits per heavy atom. The van der Waals surface area contributed by atoms with Crippen LogP contribution in [0.5, 0.6) is 0 Å². The van der Waals surface area contributed by atoms with Gasteiger partial charge in [0.25, 0.3) is 0 Å². The third kappa shape index (κ3) is 69.8. The van der Waals surface area contributed by atoms with Crippen molar-refractivity contribution in [2.24, 2.45) is 5.92 Å². The van der Waals surface area contributed by atoms with Crippen LogP contribution in [0, 0.1) is 5.92 Å². The minimum atomic E-state index is -4.96. The molecule has 0 amide bonds. The van der Waals surface area contributed by atoms with Crippen LogP contribution in [0.15, 0.2) is 24.3 Å². The predicted molar refractivity (Wildman–Crippen MR) is 386 cm³/mol. The molecule has 0 aromatic heterocycles. The van der Waals surface area contributed by atoms with Crippen molar-refractivity contribution in [1.29, 1.82) is 0 Å². The maximum Gasteiger partial charge on any atom is 0.472 e. The van der Waals surface area contributed by atoms with Gasteiger partial charge >= 0.3 is 39.5 Å². The molecular weight excluding hydrogens is 1250 g/mol. The highest BCUT2D eigenvalue weighted by Crippen LogP contribution is 2.45. The Balaban J connectivity index is 5.26. The van der Waals surface area contributed by atoms with Gasteiger partial charge in [-0.1, -0.05) is 322 Å². The van der Waals surface area contributed by atoms with E-state index in [9.17, 15) is 43.2 Å². The first-order chi connectivity index (χ1) is 46.0. The van der Waals surface area contributed by atoms with Gasteiger partial charge in [-0.25, -0.2) is 9.13 Å². The number of aliphatic hydroxyl groups is 1. The summed E-state index contributed by atoms with van der Waals surface area (Å²) in [6, 6.07) is 0. The van der Waals surface area contributed by atoms with Gasteiger partial charge in [0.15, 0.2) is 12.2 Å². The van der Waals surface area contributed by atoms with Crippen LogP contribution < -0.4 is 0 Å². The first-order valence-electron chi connectivity index (χ1n) is 39.0. The Bertz CT molecular complexity index is 1920. The number of phosphoric acid groups is 2. The molecule has 17 nitrogen and oxygen atoms in total. The van der Waals surface area contributed by atoms with Crippen molar-refractivity contribution in [3.05, 3.63) is 24.3 Å². The van der Waals surface area contributed by atoms with Crippen LogP contribution in [-0.4, -0.2) is 96.7 Å². The van der Waals surface area contributed by atoms with Crippen molar-refractivity contribution in [3.8, 4) is 0 Å². The monoisotopic (exact) mass is 1390 g/mol. The minimum Gasteiger partial charge on any atom is -0.462 e. The standard InChI is InChI=1S/C76H144O17P2/c1-6-9-12-15-18-21-23-25-27-32-35-40-45-50-55-60-74(79)87-66-72(93-76(81)62-57-52-47-42-37-33-29-26-28-31-34-39-43-48-53-58-69(4)5)68-91-95(84,85)89-64-70(77)63-88-94(82,83)90-67-71(65-86-73(78)59-54-49-44-38-20-17-14-11-8-3)92-75(80)61-56-51-46-41-36-30-24-22-19-16-13-10-7-2/h21,23,25,27,69-72,77H,6-20,22,24,26,28-68H2,1-5H3,(H,82,83)(H,84,85)/b23-21-,27-25-/t70-,71+,72+/m0/s1. The van der Waals surface area contributed by atoms with Gasteiger partial charge in [-0.2, -0.15) is 0 Å². The Labute approximate surface area is 580 Å². The molecule has 0 heterocycles. The maximum absolute atomic E-state index is 13.1. The molecule has 0 saturated heterocycles. The largest absolute Gasteiger partial charge is 0.472 e. The van der Waals surface area contributed by atoms with Gasteiger partial charge in [0.2, 0.25) is 0 Å². The third-order valence-electron chi connectivity index (χ3n) is 17.2. The van der Waals surface area contributed by atoms with Crippen LogP contribution in [0.25, 0.3) is 0 Å². The van der Waals surface area contributed by atoms with Crippen LogP contribution >= 0.6 is 15.6 Å². The van der Waals surface area contributed by atoms with Crippen LogP contribution in [0.3, 0.4) is 0 Å². The first-order valence-corrected chi connectivity index (χ1v) is 41.9. The molecule has 0 fully saturated rings. The summed E-state index contributed by atoms with van der Waals surface area (Å²) in [5, 5.41) is 10.6. The number of aliphatic hydroxyl groups excluding tert-OH is 1. The fraction of sp³-hybridized carbons (Fsp3) is 0.895. The lowest BCUT2D eigenvalue weighted by Gasteiger charge is -2.21. The van der Waals surface area contributed by atoms with Crippen molar-refractivity contribution in [1.82, 2.24) is 0 Å². The van der Waals surface area contributed by atoms with Crippen molar-refractivity contribution in [2.75, 3.05) is 39.6 Å². The number of carbonyl (C=O) groups is 4. The van der Waals surface area contributed by atoms with Gasteiger partial charge in [-0.05, 0) is 57.3 Å². The number of allylic oxidation sites excluding steroid dienone is 4. The van der Waals surface area contributed by atoms with Gasteiger partial charge in [-0.15, -0.1) is 0 Å². The van der Waals surface area contributed by atoms with Gasteiger partial charge in [-0.3, -0.25) is 37.3 Å². The molecule has 0 spiro atoms. The first kappa shape index (κ1) is 92.5. The Morgan fingerprint density at radius 3 is 0.863 bits per heavy atom. The van der Waals surface area contributed by atoms with E-state index >= 15 is 0 Å². The molecule has 3 N–H and O–H groups in total. The van der Waals surface area contributed by atoms with Gasteiger partial charge in [0.05, 0.1) is 26.4 Å². The molecule has 0 bridgehead atoms. The molecule has 560 valence electrons. The van der Waals surface area contributed by atoms with Gasteiger partial charge in [0.1, 0.15) is 19.3 Å². The minimum absolute atomic E-state index is 0.101. The zero-order valence-electron chi connectivity index (χ0n) is 61.3. The smallest absolute Gasteiger partial charge is 0.462 e. The summed E-state index contributed by atoms with van der Waals surface area (Å²) < 4.78 is 68.4. The summed E-state index contributed by atoms with van der Waals surface area (Å²) in [5.74, 6) is -1.34. The van der Waals surface area contributed by atoms with E-state index in [2.05, 4.69) is 58.9 Å². The number of carbonyl (C=O) groups excluding carboxylic acids is 4. The fourth-order valence-corrected chi connectivity index (χ4v) is 12.7. The molecule has 0 saturated carbocycles. The molecule has 0 aliphatic carbocycles. The maximum atomic E-state index is 13.1. The molecule has 5 atom stereocenters. The van der Waals surface area contributed by atoms with E-state index in [4.69, 9.17) is 37.0 Å².